The summed E-state index contributed by atoms with van der Waals surface area (Å²) in [5.41, 5.74) is 1.80. The minimum atomic E-state index is -0.506. The molecule has 0 radical (unpaired) electrons. The Balaban J connectivity index is 2.69. The number of aromatic nitrogens is 2. The van der Waals surface area contributed by atoms with Crippen molar-refractivity contribution in [1.29, 1.82) is 0 Å². The van der Waals surface area contributed by atoms with Gasteiger partial charge in [0.2, 0.25) is 5.91 Å². The van der Waals surface area contributed by atoms with Crippen LogP contribution in [0.15, 0.2) is 18.2 Å². The second kappa shape index (κ2) is 4.60. The molecule has 1 heterocycles. The van der Waals surface area contributed by atoms with Crippen molar-refractivity contribution in [2.24, 2.45) is 0 Å². The van der Waals surface area contributed by atoms with Gasteiger partial charge in [-0.3, -0.25) is 4.79 Å². The van der Waals surface area contributed by atoms with Crippen molar-refractivity contribution < 1.29 is 14.3 Å². The first-order valence-electron chi connectivity index (χ1n) is 5.72. The van der Waals surface area contributed by atoms with Crippen molar-refractivity contribution >= 4 is 22.8 Å². The van der Waals surface area contributed by atoms with Gasteiger partial charge in [0.05, 0.1) is 12.1 Å². The monoisotopic (exact) mass is 246 g/mol. The van der Waals surface area contributed by atoms with Crippen LogP contribution in [0.2, 0.25) is 0 Å². The Morgan fingerprint density at radius 2 is 2.11 bits per heavy atom. The Morgan fingerprint density at radius 1 is 1.39 bits per heavy atom. The Bertz CT molecular complexity index is 628. The van der Waals surface area contributed by atoms with Crippen LogP contribution in [-0.4, -0.2) is 28.3 Å². The van der Waals surface area contributed by atoms with Crippen molar-refractivity contribution in [2.45, 2.75) is 20.8 Å². The molecule has 0 N–H and O–H groups in total. The maximum atomic E-state index is 11.8. The average Bonchev–Trinajstić information content (AvgIpc) is 2.68. The summed E-state index contributed by atoms with van der Waals surface area (Å²) in [4.78, 5) is 23.3. The van der Waals surface area contributed by atoms with Crippen LogP contribution in [0.4, 0.5) is 0 Å². The summed E-state index contributed by atoms with van der Waals surface area (Å²) in [6, 6.07) is 5.48. The lowest BCUT2D eigenvalue weighted by molar-refractivity contribution is 0.0521. The smallest absolute Gasteiger partial charge is 0.359 e. The molecule has 0 spiro atoms. The van der Waals surface area contributed by atoms with E-state index in [1.807, 2.05) is 19.1 Å². The fourth-order valence-corrected chi connectivity index (χ4v) is 1.82. The van der Waals surface area contributed by atoms with Crippen LogP contribution in [0.5, 0.6) is 0 Å². The van der Waals surface area contributed by atoms with Crippen molar-refractivity contribution in [2.75, 3.05) is 6.61 Å². The number of hydrogen-bond donors (Lipinski definition) is 0. The second-order valence-corrected chi connectivity index (χ2v) is 4.02. The predicted molar refractivity (Wildman–Crippen MR) is 66.7 cm³/mol. The van der Waals surface area contributed by atoms with Gasteiger partial charge < -0.3 is 4.74 Å². The SMILES string of the molecule is CCOC(=O)c1nn(C(C)=O)c2ccc(C)cc12. The summed E-state index contributed by atoms with van der Waals surface area (Å²) in [6.07, 6.45) is 0. The average molecular weight is 246 g/mol. The topological polar surface area (TPSA) is 61.2 Å². The Kier molecular flexibility index (Phi) is 3.14. The lowest BCUT2D eigenvalue weighted by Crippen LogP contribution is -2.10. The highest BCUT2D eigenvalue weighted by molar-refractivity contribution is 6.04. The molecule has 94 valence electrons. The number of ether oxygens (including phenoxy) is 1. The summed E-state index contributed by atoms with van der Waals surface area (Å²) in [5, 5.41) is 4.68. The molecular weight excluding hydrogens is 232 g/mol. The molecule has 2 rings (SSSR count). The van der Waals surface area contributed by atoms with Gasteiger partial charge >= 0.3 is 5.97 Å². The zero-order chi connectivity index (χ0) is 13.3. The van der Waals surface area contributed by atoms with Crippen LogP contribution in [0.3, 0.4) is 0 Å². The molecule has 1 aromatic heterocycles. The molecule has 0 fully saturated rings. The van der Waals surface area contributed by atoms with E-state index in [4.69, 9.17) is 4.74 Å². The largest absolute Gasteiger partial charge is 0.461 e. The first-order chi connectivity index (χ1) is 8.54. The zero-order valence-corrected chi connectivity index (χ0v) is 10.6. The molecule has 0 aliphatic heterocycles. The number of benzene rings is 1. The van der Waals surface area contributed by atoms with Gasteiger partial charge in [0.15, 0.2) is 5.69 Å². The maximum Gasteiger partial charge on any atom is 0.359 e. The van der Waals surface area contributed by atoms with Crippen LogP contribution in [0, 0.1) is 6.92 Å². The molecule has 0 saturated heterocycles. The van der Waals surface area contributed by atoms with E-state index in [-0.39, 0.29) is 18.2 Å². The number of carbonyl (C=O) groups is 2. The van der Waals surface area contributed by atoms with E-state index >= 15 is 0 Å². The normalized spacial score (nSPS) is 10.6. The molecule has 0 saturated carbocycles. The predicted octanol–water partition coefficient (Wildman–Crippen LogP) is 2.18. The summed E-state index contributed by atoms with van der Waals surface area (Å²) in [5.74, 6) is -0.743. The molecule has 0 atom stereocenters. The van der Waals surface area contributed by atoms with Gasteiger partial charge in [-0.25, -0.2) is 4.79 Å². The standard InChI is InChI=1S/C13H14N2O3/c1-4-18-13(17)12-10-7-8(2)5-6-11(10)15(14-12)9(3)16/h5-7H,4H2,1-3H3. The molecule has 0 aliphatic rings. The van der Waals surface area contributed by atoms with E-state index < -0.39 is 5.97 Å². The van der Waals surface area contributed by atoms with Crippen molar-refractivity contribution in [3.8, 4) is 0 Å². The summed E-state index contributed by atoms with van der Waals surface area (Å²) in [7, 11) is 0. The highest BCUT2D eigenvalue weighted by Gasteiger charge is 2.19. The minimum Gasteiger partial charge on any atom is -0.461 e. The molecule has 0 bridgehead atoms. The van der Waals surface area contributed by atoms with Gasteiger partial charge in [0.25, 0.3) is 0 Å². The Labute approximate surface area is 104 Å². The quantitative estimate of drug-likeness (QED) is 0.762. The van der Waals surface area contributed by atoms with Crippen LogP contribution < -0.4 is 0 Å². The van der Waals surface area contributed by atoms with Crippen molar-refractivity contribution in [3.05, 3.63) is 29.5 Å². The molecule has 2 aromatic rings. The summed E-state index contributed by atoms with van der Waals surface area (Å²) in [6.45, 7) is 5.33. The first-order valence-corrected chi connectivity index (χ1v) is 5.72. The maximum absolute atomic E-state index is 11.8. The summed E-state index contributed by atoms with van der Waals surface area (Å²) < 4.78 is 6.17. The molecule has 5 nitrogen and oxygen atoms in total. The third-order valence-corrected chi connectivity index (χ3v) is 2.60. The molecule has 0 aliphatic carbocycles. The third-order valence-electron chi connectivity index (χ3n) is 2.60. The lowest BCUT2D eigenvalue weighted by atomic mass is 10.1. The second-order valence-electron chi connectivity index (χ2n) is 4.02. The number of aryl methyl sites for hydroxylation is 1. The number of fused-ring (bicyclic) bond motifs is 1. The minimum absolute atomic E-state index is 0.186. The van der Waals surface area contributed by atoms with E-state index in [2.05, 4.69) is 5.10 Å². The third kappa shape index (κ3) is 1.99. The lowest BCUT2D eigenvalue weighted by Gasteiger charge is -1.98. The molecule has 0 amide bonds. The zero-order valence-electron chi connectivity index (χ0n) is 10.6. The number of carbonyl (C=O) groups excluding carboxylic acids is 2. The van der Waals surface area contributed by atoms with Crippen LogP contribution in [0.25, 0.3) is 10.9 Å². The summed E-state index contributed by atoms with van der Waals surface area (Å²) >= 11 is 0. The first kappa shape index (κ1) is 12.3. The molecular formula is C13H14N2O3. The van der Waals surface area contributed by atoms with Gasteiger partial charge in [0.1, 0.15) is 0 Å². The van der Waals surface area contributed by atoms with Crippen LogP contribution in [-0.2, 0) is 4.74 Å². The fraction of sp³-hybridized carbons (Fsp3) is 0.308. The Hall–Kier alpha value is -2.17. The number of esters is 1. The number of rotatable bonds is 2. The van der Waals surface area contributed by atoms with Gasteiger partial charge in [-0.1, -0.05) is 11.6 Å². The van der Waals surface area contributed by atoms with E-state index in [0.717, 1.165) is 5.56 Å². The molecule has 18 heavy (non-hydrogen) atoms. The van der Waals surface area contributed by atoms with E-state index in [1.165, 1.54) is 11.6 Å². The Morgan fingerprint density at radius 3 is 2.72 bits per heavy atom. The van der Waals surface area contributed by atoms with Crippen molar-refractivity contribution in [3.63, 3.8) is 0 Å². The van der Waals surface area contributed by atoms with E-state index in [9.17, 15) is 9.59 Å². The highest BCUT2D eigenvalue weighted by atomic mass is 16.5. The number of nitrogens with zero attached hydrogens (tertiary/aromatic N) is 2. The van der Waals surface area contributed by atoms with E-state index in [0.29, 0.717) is 10.9 Å². The van der Waals surface area contributed by atoms with Crippen molar-refractivity contribution in [1.82, 2.24) is 9.78 Å². The molecule has 5 heteroatoms. The highest BCUT2D eigenvalue weighted by Crippen LogP contribution is 2.21. The van der Waals surface area contributed by atoms with Crippen LogP contribution >= 0.6 is 0 Å². The van der Waals surface area contributed by atoms with E-state index in [1.54, 1.807) is 13.0 Å². The molecule has 0 unspecified atom stereocenters. The molecule has 1 aromatic carbocycles. The van der Waals surface area contributed by atoms with Crippen LogP contribution in [0.1, 0.15) is 34.7 Å². The number of hydrogen-bond acceptors (Lipinski definition) is 4. The fourth-order valence-electron chi connectivity index (χ4n) is 1.82. The van der Waals surface area contributed by atoms with Gasteiger partial charge in [0, 0.05) is 12.3 Å². The van der Waals surface area contributed by atoms with Gasteiger partial charge in [-0.15, -0.1) is 0 Å². The van der Waals surface area contributed by atoms with Gasteiger partial charge in [-0.05, 0) is 26.0 Å². The van der Waals surface area contributed by atoms with Gasteiger partial charge in [-0.2, -0.15) is 9.78 Å².